The first-order valence-corrected chi connectivity index (χ1v) is 6.27. The summed E-state index contributed by atoms with van der Waals surface area (Å²) in [4.78, 5) is -0.142. The van der Waals surface area contributed by atoms with E-state index in [1.54, 1.807) is 18.2 Å². The van der Waals surface area contributed by atoms with E-state index in [1.165, 1.54) is 6.07 Å². The summed E-state index contributed by atoms with van der Waals surface area (Å²) in [6.45, 7) is 3.80. The third-order valence-electron chi connectivity index (χ3n) is 2.69. The Hall–Kier alpha value is 0.246. The molecule has 0 spiro atoms. The molecular formula is C12H11KO3S. The van der Waals surface area contributed by atoms with Crippen molar-refractivity contribution in [2.24, 2.45) is 0 Å². The SMILES string of the molecule is Cc1cccc2c(S(=O)(=O)[O-])ccc(C)c12.[K+]. The van der Waals surface area contributed by atoms with Gasteiger partial charge in [-0.25, -0.2) is 8.42 Å². The zero-order valence-electron chi connectivity index (χ0n) is 10.0. The second-order valence-corrected chi connectivity index (χ2v) is 5.18. The smallest absolute Gasteiger partial charge is 0.744 e. The Balaban J connectivity index is 0.00000144. The van der Waals surface area contributed by atoms with E-state index in [4.69, 9.17) is 0 Å². The first-order chi connectivity index (χ1) is 7.41. The molecule has 0 aliphatic rings. The fourth-order valence-corrected chi connectivity index (χ4v) is 2.66. The summed E-state index contributed by atoms with van der Waals surface area (Å²) in [7, 11) is -4.41. The van der Waals surface area contributed by atoms with E-state index in [1.807, 2.05) is 19.9 Å². The van der Waals surface area contributed by atoms with E-state index >= 15 is 0 Å². The molecule has 0 unspecified atom stereocenters. The fraction of sp³-hybridized carbons (Fsp3) is 0.167. The second kappa shape index (κ2) is 5.48. The van der Waals surface area contributed by atoms with Crippen molar-refractivity contribution in [2.45, 2.75) is 18.7 Å². The van der Waals surface area contributed by atoms with Crippen LogP contribution in [-0.2, 0) is 10.1 Å². The van der Waals surface area contributed by atoms with Gasteiger partial charge < -0.3 is 4.55 Å². The van der Waals surface area contributed by atoms with Gasteiger partial charge in [-0.05, 0) is 41.8 Å². The molecule has 0 saturated heterocycles. The molecular weight excluding hydrogens is 263 g/mol. The van der Waals surface area contributed by atoms with Crippen LogP contribution in [-0.4, -0.2) is 13.0 Å². The molecule has 0 N–H and O–H groups in total. The van der Waals surface area contributed by atoms with Gasteiger partial charge in [0.1, 0.15) is 10.1 Å². The molecule has 0 saturated carbocycles. The monoisotopic (exact) mass is 274 g/mol. The first-order valence-electron chi connectivity index (χ1n) is 4.86. The molecule has 2 aromatic carbocycles. The van der Waals surface area contributed by atoms with Gasteiger partial charge in [0.25, 0.3) is 0 Å². The van der Waals surface area contributed by atoms with Crippen molar-refractivity contribution in [3.8, 4) is 0 Å². The molecule has 2 rings (SSSR count). The molecule has 5 heteroatoms. The Labute approximate surface area is 143 Å². The van der Waals surface area contributed by atoms with E-state index in [0.29, 0.717) is 5.39 Å². The van der Waals surface area contributed by atoms with Crippen LogP contribution >= 0.6 is 0 Å². The zero-order valence-corrected chi connectivity index (χ0v) is 14.0. The summed E-state index contributed by atoms with van der Waals surface area (Å²) in [5.41, 5.74) is 1.95. The van der Waals surface area contributed by atoms with Gasteiger partial charge in [-0.1, -0.05) is 24.3 Å². The molecule has 0 heterocycles. The van der Waals surface area contributed by atoms with Gasteiger partial charge in [-0.15, -0.1) is 0 Å². The van der Waals surface area contributed by atoms with Gasteiger partial charge in [-0.2, -0.15) is 0 Å². The summed E-state index contributed by atoms with van der Waals surface area (Å²) in [6.07, 6.45) is 0. The molecule has 2 aromatic rings. The number of benzene rings is 2. The second-order valence-electron chi connectivity index (χ2n) is 3.83. The third-order valence-corrected chi connectivity index (χ3v) is 3.58. The summed E-state index contributed by atoms with van der Waals surface area (Å²) in [5.74, 6) is 0. The van der Waals surface area contributed by atoms with Crippen LogP contribution in [0.5, 0.6) is 0 Å². The van der Waals surface area contributed by atoms with E-state index in [0.717, 1.165) is 16.5 Å². The fourth-order valence-electron chi connectivity index (χ4n) is 1.99. The third kappa shape index (κ3) is 2.98. The summed E-state index contributed by atoms with van der Waals surface area (Å²) < 4.78 is 33.3. The molecule has 17 heavy (non-hydrogen) atoms. The maximum absolute atomic E-state index is 11.1. The van der Waals surface area contributed by atoms with Crippen molar-refractivity contribution in [1.29, 1.82) is 0 Å². The summed E-state index contributed by atoms with van der Waals surface area (Å²) >= 11 is 0. The average molecular weight is 274 g/mol. The Morgan fingerprint density at radius 2 is 1.59 bits per heavy atom. The molecule has 0 radical (unpaired) electrons. The predicted molar refractivity (Wildman–Crippen MR) is 61.4 cm³/mol. The van der Waals surface area contributed by atoms with Crippen molar-refractivity contribution < 1.29 is 64.4 Å². The molecule has 0 fully saturated rings. The minimum Gasteiger partial charge on any atom is -0.744 e. The maximum Gasteiger partial charge on any atom is 1.00 e. The molecule has 0 bridgehead atoms. The number of hydrogen-bond donors (Lipinski definition) is 0. The predicted octanol–water partition coefficient (Wildman–Crippen LogP) is -0.635. The zero-order chi connectivity index (χ0) is 11.9. The van der Waals surface area contributed by atoms with Crippen LogP contribution in [0.15, 0.2) is 35.2 Å². The van der Waals surface area contributed by atoms with Crippen LogP contribution in [0.25, 0.3) is 10.8 Å². The van der Waals surface area contributed by atoms with E-state index < -0.39 is 10.1 Å². The van der Waals surface area contributed by atoms with E-state index in [-0.39, 0.29) is 56.3 Å². The van der Waals surface area contributed by atoms with E-state index in [2.05, 4.69) is 0 Å². The average Bonchev–Trinajstić information content (AvgIpc) is 2.16. The normalized spacial score (nSPS) is 11.2. The number of rotatable bonds is 1. The standard InChI is InChI=1S/C12H12O3S.K/c1-8-4-3-5-10-11(16(13,14)15)7-6-9(2)12(8)10;/h3-7H,1-2H3,(H,13,14,15);/q;+1/p-1. The minimum atomic E-state index is -4.41. The van der Waals surface area contributed by atoms with E-state index in [9.17, 15) is 13.0 Å². The van der Waals surface area contributed by atoms with Gasteiger partial charge in [0.05, 0.1) is 4.90 Å². The van der Waals surface area contributed by atoms with Crippen molar-refractivity contribution in [3.63, 3.8) is 0 Å². The van der Waals surface area contributed by atoms with Gasteiger partial charge in [0.2, 0.25) is 0 Å². The quantitative estimate of drug-likeness (QED) is 0.514. The Bertz CT molecular complexity index is 655. The largest absolute Gasteiger partial charge is 1.00 e. The van der Waals surface area contributed by atoms with Crippen molar-refractivity contribution in [3.05, 3.63) is 41.5 Å². The van der Waals surface area contributed by atoms with Crippen LogP contribution in [0.3, 0.4) is 0 Å². The molecule has 0 aliphatic heterocycles. The number of aryl methyl sites for hydroxylation is 2. The molecule has 0 aliphatic carbocycles. The molecule has 0 aromatic heterocycles. The van der Waals surface area contributed by atoms with Crippen LogP contribution < -0.4 is 51.4 Å². The number of hydrogen-bond acceptors (Lipinski definition) is 3. The topological polar surface area (TPSA) is 57.2 Å². The van der Waals surface area contributed by atoms with Crippen molar-refractivity contribution in [2.75, 3.05) is 0 Å². The van der Waals surface area contributed by atoms with Crippen molar-refractivity contribution in [1.82, 2.24) is 0 Å². The Morgan fingerprint density at radius 3 is 2.18 bits per heavy atom. The maximum atomic E-state index is 11.1. The van der Waals surface area contributed by atoms with Crippen LogP contribution in [0.2, 0.25) is 0 Å². The van der Waals surface area contributed by atoms with Crippen molar-refractivity contribution >= 4 is 20.9 Å². The number of fused-ring (bicyclic) bond motifs is 1. The molecule has 84 valence electrons. The van der Waals surface area contributed by atoms with Gasteiger partial charge in [0, 0.05) is 0 Å². The Kier molecular flexibility index (Phi) is 4.94. The Morgan fingerprint density at radius 1 is 1.00 bits per heavy atom. The van der Waals surface area contributed by atoms with Gasteiger partial charge >= 0.3 is 51.4 Å². The summed E-state index contributed by atoms with van der Waals surface area (Å²) in [6, 6.07) is 8.36. The van der Waals surface area contributed by atoms with Crippen LogP contribution in [0.1, 0.15) is 11.1 Å². The summed E-state index contributed by atoms with van der Waals surface area (Å²) in [5, 5.41) is 1.36. The molecule has 0 amide bonds. The van der Waals surface area contributed by atoms with Crippen LogP contribution in [0.4, 0.5) is 0 Å². The molecule has 0 atom stereocenters. The van der Waals surface area contributed by atoms with Crippen LogP contribution in [0, 0.1) is 13.8 Å². The first kappa shape index (κ1) is 15.3. The minimum absolute atomic E-state index is 0. The van der Waals surface area contributed by atoms with Gasteiger partial charge in [0.15, 0.2) is 0 Å². The molecule has 3 nitrogen and oxygen atoms in total. The van der Waals surface area contributed by atoms with Gasteiger partial charge in [-0.3, -0.25) is 0 Å².